The van der Waals surface area contributed by atoms with Gasteiger partial charge in [-0.2, -0.15) is 0 Å². The Bertz CT molecular complexity index is 580. The van der Waals surface area contributed by atoms with Gasteiger partial charge < -0.3 is 9.90 Å². The predicted octanol–water partition coefficient (Wildman–Crippen LogP) is 0.582. The van der Waals surface area contributed by atoms with Crippen LogP contribution in [0.1, 0.15) is 31.2 Å². The normalized spacial score (nSPS) is 23.4. The summed E-state index contributed by atoms with van der Waals surface area (Å²) in [7, 11) is -3.59. The highest BCUT2D eigenvalue weighted by Gasteiger charge is 2.26. The van der Waals surface area contributed by atoms with Crippen molar-refractivity contribution >= 4 is 16.0 Å². The van der Waals surface area contributed by atoms with Crippen molar-refractivity contribution in [3.63, 3.8) is 0 Å². The Hall–Kier alpha value is -1.40. The molecule has 1 N–H and O–H groups in total. The standard InChI is InChI=1S/C14H19NO4S/c1-10-5-7-13(8-6-10)20(18,19)15-12-4-2-3-11(9-12)14(16)17/h5-8,11-12,15H,2-4,9H2,1H3,(H,16,17)/p-1/t11-,12-/m0/s1. The van der Waals surface area contributed by atoms with Gasteiger partial charge in [-0.25, -0.2) is 13.1 Å². The molecule has 20 heavy (non-hydrogen) atoms. The third kappa shape index (κ3) is 3.58. The lowest BCUT2D eigenvalue weighted by Gasteiger charge is -2.30. The van der Waals surface area contributed by atoms with E-state index in [0.717, 1.165) is 5.56 Å². The van der Waals surface area contributed by atoms with Crippen LogP contribution in [0, 0.1) is 12.8 Å². The van der Waals surface area contributed by atoms with Crippen LogP contribution >= 0.6 is 0 Å². The SMILES string of the molecule is Cc1ccc(S(=O)(=O)N[C@H]2CCC[C@H](C(=O)[O-])C2)cc1. The molecule has 0 heterocycles. The number of sulfonamides is 1. The lowest BCUT2D eigenvalue weighted by atomic mass is 9.86. The van der Waals surface area contributed by atoms with Gasteiger partial charge in [0.1, 0.15) is 0 Å². The quantitative estimate of drug-likeness (QED) is 0.880. The monoisotopic (exact) mass is 296 g/mol. The number of aryl methyl sites for hydroxylation is 1. The summed E-state index contributed by atoms with van der Waals surface area (Å²) in [5, 5.41) is 10.9. The maximum absolute atomic E-state index is 12.2. The van der Waals surface area contributed by atoms with Gasteiger partial charge in [0.15, 0.2) is 0 Å². The number of carbonyl (C=O) groups excluding carboxylic acids is 1. The van der Waals surface area contributed by atoms with E-state index in [4.69, 9.17) is 0 Å². The average Bonchev–Trinajstić information content (AvgIpc) is 2.39. The third-order valence-corrected chi connectivity index (χ3v) is 5.20. The van der Waals surface area contributed by atoms with Gasteiger partial charge in [0.2, 0.25) is 10.0 Å². The molecule has 6 heteroatoms. The van der Waals surface area contributed by atoms with E-state index in [-0.39, 0.29) is 10.9 Å². The van der Waals surface area contributed by atoms with Crippen molar-refractivity contribution in [2.24, 2.45) is 5.92 Å². The number of aliphatic carboxylic acids is 1. The van der Waals surface area contributed by atoms with Gasteiger partial charge in [-0.05, 0) is 38.3 Å². The molecule has 1 aliphatic carbocycles. The Morgan fingerprint density at radius 3 is 2.50 bits per heavy atom. The summed E-state index contributed by atoms with van der Waals surface area (Å²) in [6.07, 6.45) is 2.22. The molecule has 1 fully saturated rings. The summed E-state index contributed by atoms with van der Waals surface area (Å²) < 4.78 is 27.0. The fourth-order valence-electron chi connectivity index (χ4n) is 2.52. The van der Waals surface area contributed by atoms with Crippen molar-refractivity contribution in [3.05, 3.63) is 29.8 Å². The van der Waals surface area contributed by atoms with E-state index in [2.05, 4.69) is 4.72 Å². The molecule has 110 valence electrons. The molecule has 1 saturated carbocycles. The number of nitrogens with one attached hydrogen (secondary N) is 1. The van der Waals surface area contributed by atoms with E-state index in [1.54, 1.807) is 24.3 Å². The zero-order chi connectivity index (χ0) is 14.8. The predicted molar refractivity (Wildman–Crippen MR) is 72.3 cm³/mol. The molecule has 1 aliphatic rings. The van der Waals surface area contributed by atoms with Gasteiger partial charge in [-0.3, -0.25) is 0 Å². The number of hydrogen-bond donors (Lipinski definition) is 1. The lowest BCUT2D eigenvalue weighted by Crippen LogP contribution is -2.42. The third-order valence-electron chi connectivity index (χ3n) is 3.66. The second-order valence-corrected chi connectivity index (χ2v) is 7.03. The zero-order valence-corrected chi connectivity index (χ0v) is 12.2. The summed E-state index contributed by atoms with van der Waals surface area (Å²) in [5.74, 6) is -1.65. The molecule has 0 saturated heterocycles. The van der Waals surface area contributed by atoms with Crippen LogP contribution in [0.4, 0.5) is 0 Å². The molecule has 1 aromatic carbocycles. The Balaban J connectivity index is 2.08. The average molecular weight is 296 g/mol. The summed E-state index contributed by atoms with van der Waals surface area (Å²) in [4.78, 5) is 11.1. The molecule has 2 rings (SSSR count). The van der Waals surface area contributed by atoms with Crippen LogP contribution in [0.3, 0.4) is 0 Å². The van der Waals surface area contributed by atoms with E-state index < -0.39 is 21.9 Å². The number of carboxylic acid groups (broad SMARTS) is 1. The molecule has 0 spiro atoms. The molecule has 0 bridgehead atoms. The van der Waals surface area contributed by atoms with E-state index in [1.165, 1.54) is 0 Å². The van der Waals surface area contributed by atoms with E-state index in [0.29, 0.717) is 25.7 Å². The van der Waals surface area contributed by atoms with Crippen LogP contribution in [-0.4, -0.2) is 20.4 Å². The number of carbonyl (C=O) groups is 1. The highest BCUT2D eigenvalue weighted by atomic mass is 32.2. The minimum atomic E-state index is -3.59. The maximum Gasteiger partial charge on any atom is 0.240 e. The van der Waals surface area contributed by atoms with Crippen molar-refractivity contribution in [1.29, 1.82) is 0 Å². The van der Waals surface area contributed by atoms with Crippen LogP contribution in [0.2, 0.25) is 0 Å². The van der Waals surface area contributed by atoms with Gasteiger partial charge >= 0.3 is 0 Å². The van der Waals surface area contributed by atoms with Gasteiger partial charge in [-0.15, -0.1) is 0 Å². The fraction of sp³-hybridized carbons (Fsp3) is 0.500. The van der Waals surface area contributed by atoms with Crippen LogP contribution in [0.25, 0.3) is 0 Å². The number of carboxylic acids is 1. The molecule has 0 amide bonds. The van der Waals surface area contributed by atoms with Crippen LogP contribution < -0.4 is 9.83 Å². The van der Waals surface area contributed by atoms with E-state index >= 15 is 0 Å². The van der Waals surface area contributed by atoms with E-state index in [1.807, 2.05) is 6.92 Å². The molecule has 0 radical (unpaired) electrons. The topological polar surface area (TPSA) is 86.3 Å². The van der Waals surface area contributed by atoms with Gasteiger partial charge in [0.05, 0.1) is 4.90 Å². The molecule has 0 unspecified atom stereocenters. The fourth-order valence-corrected chi connectivity index (χ4v) is 3.80. The van der Waals surface area contributed by atoms with Crippen molar-refractivity contribution in [2.45, 2.75) is 43.5 Å². The first-order valence-corrected chi connectivity index (χ1v) is 8.16. The van der Waals surface area contributed by atoms with Crippen molar-refractivity contribution in [2.75, 3.05) is 0 Å². The van der Waals surface area contributed by atoms with Gasteiger partial charge in [-0.1, -0.05) is 24.1 Å². The van der Waals surface area contributed by atoms with E-state index in [9.17, 15) is 18.3 Å². The molecule has 0 aliphatic heterocycles. The van der Waals surface area contributed by atoms with Gasteiger partial charge in [0.25, 0.3) is 0 Å². The van der Waals surface area contributed by atoms with Crippen molar-refractivity contribution < 1.29 is 18.3 Å². The van der Waals surface area contributed by atoms with Crippen LogP contribution in [0.15, 0.2) is 29.2 Å². The highest BCUT2D eigenvalue weighted by molar-refractivity contribution is 7.89. The molecule has 0 aromatic heterocycles. The Morgan fingerprint density at radius 2 is 1.90 bits per heavy atom. The van der Waals surface area contributed by atoms with Crippen molar-refractivity contribution in [1.82, 2.24) is 4.72 Å². The van der Waals surface area contributed by atoms with Crippen LogP contribution in [0.5, 0.6) is 0 Å². The summed E-state index contributed by atoms with van der Waals surface area (Å²) in [5.41, 5.74) is 0.985. The Labute approximate surface area is 119 Å². The van der Waals surface area contributed by atoms with Crippen LogP contribution in [-0.2, 0) is 14.8 Å². The first-order chi connectivity index (χ1) is 9.38. The summed E-state index contributed by atoms with van der Waals surface area (Å²) in [6, 6.07) is 6.24. The number of benzene rings is 1. The molecule has 5 nitrogen and oxygen atoms in total. The van der Waals surface area contributed by atoms with Crippen molar-refractivity contribution in [3.8, 4) is 0 Å². The zero-order valence-electron chi connectivity index (χ0n) is 11.3. The Morgan fingerprint density at radius 1 is 1.25 bits per heavy atom. The minimum absolute atomic E-state index is 0.207. The molecular weight excluding hydrogens is 278 g/mol. The van der Waals surface area contributed by atoms with Gasteiger partial charge in [0, 0.05) is 17.9 Å². The largest absolute Gasteiger partial charge is 0.550 e. The smallest absolute Gasteiger partial charge is 0.240 e. The Kier molecular flexibility index (Phi) is 4.45. The summed E-state index contributed by atoms with van der Waals surface area (Å²) >= 11 is 0. The number of rotatable bonds is 4. The first-order valence-electron chi connectivity index (χ1n) is 6.68. The molecular formula is C14H18NO4S-. The highest BCUT2D eigenvalue weighted by Crippen LogP contribution is 2.25. The lowest BCUT2D eigenvalue weighted by molar-refractivity contribution is -0.312. The number of hydrogen-bond acceptors (Lipinski definition) is 4. The maximum atomic E-state index is 12.2. The minimum Gasteiger partial charge on any atom is -0.550 e. The second kappa shape index (κ2) is 5.93. The summed E-state index contributed by atoms with van der Waals surface area (Å²) in [6.45, 7) is 1.88. The first kappa shape index (κ1) is 15.0. The molecule has 2 atom stereocenters. The second-order valence-electron chi connectivity index (χ2n) is 5.31. The molecule has 1 aromatic rings.